The lowest BCUT2D eigenvalue weighted by atomic mass is 9.98. The average Bonchev–Trinajstić information content (AvgIpc) is 2.47. The molecule has 0 amide bonds. The first-order chi connectivity index (χ1) is 9.22. The molecule has 5 nitrogen and oxygen atoms in total. The second kappa shape index (κ2) is 6.63. The van der Waals surface area contributed by atoms with Crippen LogP contribution in [0.2, 0.25) is 0 Å². The lowest BCUT2D eigenvalue weighted by Gasteiger charge is -2.31. The summed E-state index contributed by atoms with van der Waals surface area (Å²) >= 11 is 0. The third-order valence-corrected chi connectivity index (χ3v) is 3.54. The van der Waals surface area contributed by atoms with Crippen molar-refractivity contribution in [3.8, 4) is 0 Å². The number of piperidine rings is 1. The molecule has 1 aromatic rings. The average molecular weight is 263 g/mol. The van der Waals surface area contributed by atoms with Crippen molar-refractivity contribution < 1.29 is 9.53 Å². The first kappa shape index (κ1) is 14.0. The van der Waals surface area contributed by atoms with Crippen molar-refractivity contribution in [2.75, 3.05) is 20.2 Å². The minimum absolute atomic E-state index is 0.00886. The number of nitrogens with two attached hydrogens (primary N) is 1. The quantitative estimate of drug-likeness (QED) is 0.818. The predicted octanol–water partition coefficient (Wildman–Crippen LogP) is 0.925. The van der Waals surface area contributed by atoms with Gasteiger partial charge in [-0.25, -0.2) is 0 Å². The van der Waals surface area contributed by atoms with Crippen molar-refractivity contribution in [2.45, 2.75) is 25.9 Å². The van der Waals surface area contributed by atoms with Gasteiger partial charge in [-0.3, -0.25) is 14.7 Å². The Labute approximate surface area is 113 Å². The Kier molecular flexibility index (Phi) is 4.87. The number of hydrogen-bond donors (Lipinski definition) is 1. The van der Waals surface area contributed by atoms with E-state index in [-0.39, 0.29) is 11.9 Å². The number of carbonyl (C=O) groups is 1. The summed E-state index contributed by atoms with van der Waals surface area (Å²) in [6.45, 7) is 3.09. The number of esters is 1. The second-order valence-corrected chi connectivity index (χ2v) is 4.96. The number of nitrogens with zero attached hydrogens (tertiary/aromatic N) is 2. The van der Waals surface area contributed by atoms with E-state index in [0.29, 0.717) is 6.54 Å². The molecule has 1 aliphatic rings. The SMILES string of the molecule is COC(=O)C1CCCN(Cc2ccnc(CN)c2)C1. The highest BCUT2D eigenvalue weighted by atomic mass is 16.5. The van der Waals surface area contributed by atoms with Crippen molar-refractivity contribution in [1.82, 2.24) is 9.88 Å². The van der Waals surface area contributed by atoms with Crippen molar-refractivity contribution in [3.63, 3.8) is 0 Å². The molecule has 0 spiro atoms. The maximum absolute atomic E-state index is 11.6. The molecule has 2 N–H and O–H groups in total. The molecule has 0 radical (unpaired) electrons. The molecule has 0 aromatic carbocycles. The molecule has 1 aromatic heterocycles. The molecule has 1 aliphatic heterocycles. The van der Waals surface area contributed by atoms with Gasteiger partial charge in [-0.05, 0) is 37.1 Å². The summed E-state index contributed by atoms with van der Waals surface area (Å²) in [5.74, 6) is -0.0864. The molecular formula is C14H21N3O2. The molecule has 1 saturated heterocycles. The molecule has 19 heavy (non-hydrogen) atoms. The molecule has 5 heteroatoms. The van der Waals surface area contributed by atoms with E-state index in [9.17, 15) is 4.79 Å². The number of methoxy groups -OCH3 is 1. The number of hydrogen-bond acceptors (Lipinski definition) is 5. The van der Waals surface area contributed by atoms with Crippen LogP contribution in [-0.4, -0.2) is 36.1 Å². The number of carbonyl (C=O) groups excluding carboxylic acids is 1. The highest BCUT2D eigenvalue weighted by Crippen LogP contribution is 2.19. The summed E-state index contributed by atoms with van der Waals surface area (Å²) in [4.78, 5) is 18.1. The number of ether oxygens (including phenoxy) is 1. The Hall–Kier alpha value is -1.46. The summed E-state index contributed by atoms with van der Waals surface area (Å²) in [7, 11) is 1.46. The number of pyridine rings is 1. The molecule has 2 heterocycles. The monoisotopic (exact) mass is 263 g/mol. The Balaban J connectivity index is 1.96. The molecule has 1 unspecified atom stereocenters. The minimum Gasteiger partial charge on any atom is -0.469 e. The minimum atomic E-state index is -0.0953. The van der Waals surface area contributed by atoms with Crippen LogP contribution in [0.15, 0.2) is 18.3 Å². The highest BCUT2D eigenvalue weighted by Gasteiger charge is 2.26. The van der Waals surface area contributed by atoms with Crippen LogP contribution in [0.5, 0.6) is 0 Å². The van der Waals surface area contributed by atoms with Crippen LogP contribution in [0.3, 0.4) is 0 Å². The van der Waals surface area contributed by atoms with Crippen molar-refractivity contribution in [3.05, 3.63) is 29.6 Å². The van der Waals surface area contributed by atoms with Gasteiger partial charge in [0.2, 0.25) is 0 Å². The van der Waals surface area contributed by atoms with Gasteiger partial charge in [0, 0.05) is 25.8 Å². The van der Waals surface area contributed by atoms with Gasteiger partial charge in [0.15, 0.2) is 0 Å². The van der Waals surface area contributed by atoms with Gasteiger partial charge in [0.05, 0.1) is 18.7 Å². The summed E-state index contributed by atoms with van der Waals surface area (Å²) in [5, 5.41) is 0. The third kappa shape index (κ3) is 3.75. The summed E-state index contributed by atoms with van der Waals surface area (Å²) in [5.41, 5.74) is 7.69. The molecule has 1 atom stereocenters. The Bertz CT molecular complexity index is 436. The van der Waals surface area contributed by atoms with E-state index in [0.717, 1.165) is 38.2 Å². The maximum Gasteiger partial charge on any atom is 0.309 e. The van der Waals surface area contributed by atoms with Crippen LogP contribution in [0.25, 0.3) is 0 Å². The smallest absolute Gasteiger partial charge is 0.309 e. The second-order valence-electron chi connectivity index (χ2n) is 4.96. The predicted molar refractivity (Wildman–Crippen MR) is 72.1 cm³/mol. The van der Waals surface area contributed by atoms with Crippen LogP contribution in [0.1, 0.15) is 24.1 Å². The van der Waals surface area contributed by atoms with E-state index in [4.69, 9.17) is 10.5 Å². The van der Waals surface area contributed by atoms with Crippen LogP contribution in [0, 0.1) is 5.92 Å². The largest absolute Gasteiger partial charge is 0.469 e. The molecule has 104 valence electrons. The Morgan fingerprint density at radius 2 is 2.47 bits per heavy atom. The zero-order valence-corrected chi connectivity index (χ0v) is 11.3. The van der Waals surface area contributed by atoms with Crippen LogP contribution in [-0.2, 0) is 22.6 Å². The van der Waals surface area contributed by atoms with E-state index in [2.05, 4.69) is 9.88 Å². The molecule has 2 rings (SSSR count). The van der Waals surface area contributed by atoms with E-state index in [1.807, 2.05) is 12.1 Å². The lowest BCUT2D eigenvalue weighted by molar-refractivity contribution is -0.147. The Morgan fingerprint density at radius 1 is 1.63 bits per heavy atom. The molecule has 1 fully saturated rings. The van der Waals surface area contributed by atoms with Gasteiger partial charge < -0.3 is 10.5 Å². The fourth-order valence-electron chi connectivity index (χ4n) is 2.55. The topological polar surface area (TPSA) is 68.5 Å². The van der Waals surface area contributed by atoms with Crippen molar-refractivity contribution in [2.24, 2.45) is 11.7 Å². The fourth-order valence-corrected chi connectivity index (χ4v) is 2.55. The third-order valence-electron chi connectivity index (χ3n) is 3.54. The lowest BCUT2D eigenvalue weighted by Crippen LogP contribution is -2.38. The van der Waals surface area contributed by atoms with Gasteiger partial charge in [-0.2, -0.15) is 0 Å². The standard InChI is InChI=1S/C14H21N3O2/c1-19-14(18)12-3-2-6-17(10-12)9-11-4-5-16-13(7-11)8-15/h4-5,7,12H,2-3,6,8-10,15H2,1H3. The van der Waals surface area contributed by atoms with E-state index >= 15 is 0 Å². The molecule has 0 bridgehead atoms. The molecular weight excluding hydrogens is 242 g/mol. The van der Waals surface area contributed by atoms with E-state index < -0.39 is 0 Å². The zero-order valence-electron chi connectivity index (χ0n) is 11.3. The number of rotatable bonds is 4. The first-order valence-electron chi connectivity index (χ1n) is 6.67. The van der Waals surface area contributed by atoms with E-state index in [1.165, 1.54) is 12.7 Å². The zero-order chi connectivity index (χ0) is 13.7. The molecule has 0 aliphatic carbocycles. The molecule has 0 saturated carbocycles. The van der Waals surface area contributed by atoms with Crippen molar-refractivity contribution in [1.29, 1.82) is 0 Å². The number of aromatic nitrogens is 1. The van der Waals surface area contributed by atoms with Crippen LogP contribution < -0.4 is 5.73 Å². The van der Waals surface area contributed by atoms with Gasteiger partial charge in [0.1, 0.15) is 0 Å². The van der Waals surface area contributed by atoms with Crippen LogP contribution in [0.4, 0.5) is 0 Å². The summed E-state index contributed by atoms with van der Waals surface area (Å²) < 4.78 is 4.83. The first-order valence-corrected chi connectivity index (χ1v) is 6.67. The Morgan fingerprint density at radius 3 is 3.21 bits per heavy atom. The fraction of sp³-hybridized carbons (Fsp3) is 0.571. The summed E-state index contributed by atoms with van der Waals surface area (Å²) in [6.07, 6.45) is 3.75. The van der Waals surface area contributed by atoms with Gasteiger partial charge in [-0.1, -0.05) is 0 Å². The van der Waals surface area contributed by atoms with E-state index in [1.54, 1.807) is 6.20 Å². The number of likely N-dealkylation sites (tertiary alicyclic amines) is 1. The normalized spacial score (nSPS) is 20.2. The highest BCUT2D eigenvalue weighted by molar-refractivity contribution is 5.72. The summed E-state index contributed by atoms with van der Waals surface area (Å²) in [6, 6.07) is 4.03. The van der Waals surface area contributed by atoms with Crippen molar-refractivity contribution >= 4 is 5.97 Å². The van der Waals surface area contributed by atoms with Gasteiger partial charge >= 0.3 is 5.97 Å². The van der Waals surface area contributed by atoms with Gasteiger partial charge in [0.25, 0.3) is 0 Å². The maximum atomic E-state index is 11.6. The van der Waals surface area contributed by atoms with Gasteiger partial charge in [-0.15, -0.1) is 0 Å². The van der Waals surface area contributed by atoms with Crippen LogP contribution >= 0.6 is 0 Å².